The molecule has 0 aliphatic rings. The molecule has 1 heterocycles. The summed E-state index contributed by atoms with van der Waals surface area (Å²) in [5.41, 5.74) is 0.896. The Morgan fingerprint density at radius 2 is 1.94 bits per heavy atom. The molecule has 0 radical (unpaired) electrons. The Balaban J connectivity index is 2.38. The van der Waals surface area contributed by atoms with Crippen LogP contribution in [0.2, 0.25) is 5.02 Å². The summed E-state index contributed by atoms with van der Waals surface area (Å²) < 4.78 is 2.49. The summed E-state index contributed by atoms with van der Waals surface area (Å²) in [6, 6.07) is 10.8. The molecule has 0 bridgehead atoms. The summed E-state index contributed by atoms with van der Waals surface area (Å²) in [5.74, 6) is 0. The van der Waals surface area contributed by atoms with Crippen molar-refractivity contribution in [1.82, 2.24) is 4.57 Å². The van der Waals surface area contributed by atoms with E-state index in [-0.39, 0.29) is 5.56 Å². The third-order valence-electron chi connectivity index (χ3n) is 2.25. The molecule has 0 spiro atoms. The van der Waals surface area contributed by atoms with Crippen LogP contribution in [0.4, 0.5) is 0 Å². The van der Waals surface area contributed by atoms with E-state index in [1.807, 2.05) is 24.3 Å². The Morgan fingerprint density at radius 1 is 1.19 bits per heavy atom. The van der Waals surface area contributed by atoms with E-state index in [1.165, 1.54) is 6.07 Å². The SMILES string of the molecule is O=c1ccc(Br)cn1Cc1ccccc1Cl. The molecule has 2 rings (SSSR count). The highest BCUT2D eigenvalue weighted by molar-refractivity contribution is 9.10. The first kappa shape index (κ1) is 11.4. The average Bonchev–Trinajstić information content (AvgIpc) is 2.27. The molecule has 0 unspecified atom stereocenters. The van der Waals surface area contributed by atoms with Crippen molar-refractivity contribution in [1.29, 1.82) is 0 Å². The molecule has 0 saturated carbocycles. The third kappa shape index (κ3) is 2.54. The zero-order valence-electron chi connectivity index (χ0n) is 8.36. The third-order valence-corrected chi connectivity index (χ3v) is 3.08. The van der Waals surface area contributed by atoms with E-state index in [4.69, 9.17) is 11.6 Å². The zero-order valence-corrected chi connectivity index (χ0v) is 10.7. The van der Waals surface area contributed by atoms with E-state index < -0.39 is 0 Å². The van der Waals surface area contributed by atoms with Crippen LogP contribution < -0.4 is 5.56 Å². The number of nitrogens with zero attached hydrogens (tertiary/aromatic N) is 1. The second-order valence-corrected chi connectivity index (χ2v) is 4.73. The molecule has 0 amide bonds. The molecule has 2 nitrogen and oxygen atoms in total. The van der Waals surface area contributed by atoms with E-state index in [9.17, 15) is 4.79 Å². The number of hydrogen-bond donors (Lipinski definition) is 0. The first-order valence-electron chi connectivity index (χ1n) is 4.76. The van der Waals surface area contributed by atoms with Crippen molar-refractivity contribution in [3.05, 3.63) is 68.0 Å². The minimum absolute atomic E-state index is 0.0388. The maximum absolute atomic E-state index is 11.6. The summed E-state index contributed by atoms with van der Waals surface area (Å²) in [5, 5.41) is 0.675. The van der Waals surface area contributed by atoms with Gasteiger partial charge in [-0.1, -0.05) is 29.8 Å². The molecule has 0 atom stereocenters. The quantitative estimate of drug-likeness (QED) is 0.834. The molecular weight excluding hydrogens is 289 g/mol. The van der Waals surface area contributed by atoms with Crippen molar-refractivity contribution in [2.24, 2.45) is 0 Å². The van der Waals surface area contributed by atoms with Gasteiger partial charge in [-0.15, -0.1) is 0 Å². The van der Waals surface area contributed by atoms with Crippen molar-refractivity contribution < 1.29 is 0 Å². The summed E-state index contributed by atoms with van der Waals surface area (Å²) in [6.45, 7) is 0.484. The Hall–Kier alpha value is -1.06. The Kier molecular flexibility index (Phi) is 3.46. The van der Waals surface area contributed by atoms with Gasteiger partial charge in [0, 0.05) is 21.8 Å². The number of aromatic nitrogens is 1. The smallest absolute Gasteiger partial charge is 0.250 e. The van der Waals surface area contributed by atoms with Gasteiger partial charge in [0.15, 0.2) is 0 Å². The fraction of sp³-hybridized carbons (Fsp3) is 0.0833. The van der Waals surface area contributed by atoms with Crippen LogP contribution in [-0.4, -0.2) is 4.57 Å². The van der Waals surface area contributed by atoms with Gasteiger partial charge in [-0.2, -0.15) is 0 Å². The van der Waals surface area contributed by atoms with Gasteiger partial charge in [0.05, 0.1) is 6.54 Å². The van der Waals surface area contributed by atoms with Crippen molar-refractivity contribution in [2.75, 3.05) is 0 Å². The molecule has 1 aromatic carbocycles. The minimum Gasteiger partial charge on any atom is -0.310 e. The summed E-state index contributed by atoms with van der Waals surface area (Å²) in [6.07, 6.45) is 1.76. The molecule has 16 heavy (non-hydrogen) atoms. The normalized spacial score (nSPS) is 10.4. The molecule has 1 aromatic heterocycles. The van der Waals surface area contributed by atoms with Crippen LogP contribution in [0.25, 0.3) is 0 Å². The first-order valence-corrected chi connectivity index (χ1v) is 5.93. The van der Waals surface area contributed by atoms with E-state index >= 15 is 0 Å². The lowest BCUT2D eigenvalue weighted by Crippen LogP contribution is -2.18. The fourth-order valence-electron chi connectivity index (χ4n) is 1.44. The van der Waals surface area contributed by atoms with Gasteiger partial charge >= 0.3 is 0 Å². The standard InChI is InChI=1S/C12H9BrClNO/c13-10-5-6-12(16)15(8-10)7-9-3-1-2-4-11(9)14/h1-6,8H,7H2. The number of benzene rings is 1. The van der Waals surface area contributed by atoms with Crippen LogP contribution >= 0.6 is 27.5 Å². The maximum atomic E-state index is 11.6. The van der Waals surface area contributed by atoms with Crippen molar-refractivity contribution in [2.45, 2.75) is 6.54 Å². The second-order valence-electron chi connectivity index (χ2n) is 3.40. The van der Waals surface area contributed by atoms with Gasteiger partial charge in [-0.05, 0) is 33.6 Å². The van der Waals surface area contributed by atoms with Gasteiger partial charge in [-0.3, -0.25) is 4.79 Å². The Morgan fingerprint density at radius 3 is 2.69 bits per heavy atom. The Bertz CT molecular complexity index is 565. The number of rotatable bonds is 2. The molecule has 0 saturated heterocycles. The fourth-order valence-corrected chi connectivity index (χ4v) is 2.01. The summed E-state index contributed by atoms with van der Waals surface area (Å²) in [7, 11) is 0. The van der Waals surface area contributed by atoms with Crippen LogP contribution in [0.5, 0.6) is 0 Å². The van der Waals surface area contributed by atoms with Crippen LogP contribution in [0, 0.1) is 0 Å². The molecular formula is C12H9BrClNO. The van der Waals surface area contributed by atoms with E-state index in [0.717, 1.165) is 10.0 Å². The van der Waals surface area contributed by atoms with E-state index in [2.05, 4.69) is 15.9 Å². The van der Waals surface area contributed by atoms with Gasteiger partial charge in [-0.25, -0.2) is 0 Å². The molecule has 4 heteroatoms. The van der Waals surface area contributed by atoms with E-state index in [1.54, 1.807) is 16.8 Å². The first-order chi connectivity index (χ1) is 7.66. The average molecular weight is 299 g/mol. The number of pyridine rings is 1. The topological polar surface area (TPSA) is 22.0 Å². The maximum Gasteiger partial charge on any atom is 0.250 e. The molecule has 0 aliphatic carbocycles. The molecule has 82 valence electrons. The lowest BCUT2D eigenvalue weighted by molar-refractivity contribution is 0.756. The van der Waals surface area contributed by atoms with Crippen molar-refractivity contribution in [3.8, 4) is 0 Å². The van der Waals surface area contributed by atoms with Crippen LogP contribution in [0.3, 0.4) is 0 Å². The predicted octanol–water partition coefficient (Wildman–Crippen LogP) is 3.31. The number of hydrogen-bond acceptors (Lipinski definition) is 1. The Labute approximate surface area is 107 Å². The molecule has 0 aliphatic heterocycles. The zero-order chi connectivity index (χ0) is 11.5. The largest absolute Gasteiger partial charge is 0.310 e. The predicted molar refractivity (Wildman–Crippen MR) is 69.0 cm³/mol. The highest BCUT2D eigenvalue weighted by Crippen LogP contribution is 2.16. The highest BCUT2D eigenvalue weighted by Gasteiger charge is 2.02. The number of halogens is 2. The summed E-state index contributed by atoms with van der Waals surface area (Å²) >= 11 is 9.37. The molecule has 2 aromatic rings. The van der Waals surface area contributed by atoms with Crippen LogP contribution in [0.1, 0.15) is 5.56 Å². The molecule has 0 fully saturated rings. The monoisotopic (exact) mass is 297 g/mol. The van der Waals surface area contributed by atoms with Crippen molar-refractivity contribution in [3.63, 3.8) is 0 Å². The van der Waals surface area contributed by atoms with E-state index in [0.29, 0.717) is 11.6 Å². The van der Waals surface area contributed by atoms with Crippen LogP contribution in [-0.2, 0) is 6.54 Å². The van der Waals surface area contributed by atoms with Gasteiger partial charge in [0.1, 0.15) is 0 Å². The lowest BCUT2D eigenvalue weighted by atomic mass is 10.2. The second kappa shape index (κ2) is 4.85. The summed E-state index contributed by atoms with van der Waals surface area (Å²) in [4.78, 5) is 11.6. The minimum atomic E-state index is -0.0388. The van der Waals surface area contributed by atoms with Gasteiger partial charge < -0.3 is 4.57 Å². The highest BCUT2D eigenvalue weighted by atomic mass is 79.9. The van der Waals surface area contributed by atoms with Crippen LogP contribution in [0.15, 0.2) is 51.9 Å². The lowest BCUT2D eigenvalue weighted by Gasteiger charge is -2.07. The van der Waals surface area contributed by atoms with Crippen molar-refractivity contribution >= 4 is 27.5 Å². The van der Waals surface area contributed by atoms with Gasteiger partial charge in [0.2, 0.25) is 0 Å². The molecule has 0 N–H and O–H groups in total. The van der Waals surface area contributed by atoms with Gasteiger partial charge in [0.25, 0.3) is 5.56 Å².